The minimum atomic E-state index is -0.643. The molecule has 0 aromatic heterocycles. The number of likely N-dealkylation sites (N-methyl/N-ethyl adjacent to an activating group) is 1. The lowest BCUT2D eigenvalue weighted by molar-refractivity contribution is -0.144. The molecule has 1 fully saturated rings. The van der Waals surface area contributed by atoms with Crippen LogP contribution in [0, 0.1) is 5.41 Å². The summed E-state index contributed by atoms with van der Waals surface area (Å²) in [5, 5.41) is 9.15. The van der Waals surface area contributed by atoms with E-state index in [1.165, 1.54) is 5.56 Å². The average molecular weight is 312 g/mol. The molecule has 1 aromatic rings. The van der Waals surface area contributed by atoms with Crippen molar-refractivity contribution in [2.24, 2.45) is 5.41 Å². The Bertz CT molecular complexity index is 443. The standard InChI is InChI=1S/C14H18BrNO2/c1-16(10-14(7-8-14)13(17)18)9-6-11-4-2-3-5-12(11)15/h2-5H,6-10H2,1H3,(H,17,18). The van der Waals surface area contributed by atoms with Gasteiger partial charge in [0, 0.05) is 17.6 Å². The number of benzene rings is 1. The van der Waals surface area contributed by atoms with E-state index in [0.29, 0.717) is 6.54 Å². The van der Waals surface area contributed by atoms with Gasteiger partial charge < -0.3 is 10.0 Å². The van der Waals surface area contributed by atoms with E-state index in [9.17, 15) is 4.79 Å². The van der Waals surface area contributed by atoms with E-state index in [0.717, 1.165) is 30.3 Å². The van der Waals surface area contributed by atoms with Gasteiger partial charge in [0.2, 0.25) is 0 Å². The summed E-state index contributed by atoms with van der Waals surface area (Å²) >= 11 is 3.53. The number of carboxylic acid groups (broad SMARTS) is 1. The Morgan fingerprint density at radius 3 is 2.67 bits per heavy atom. The third kappa shape index (κ3) is 3.12. The molecule has 0 heterocycles. The first-order valence-corrected chi connectivity index (χ1v) is 6.98. The molecule has 0 atom stereocenters. The van der Waals surface area contributed by atoms with Gasteiger partial charge in [-0.1, -0.05) is 34.1 Å². The molecule has 0 unspecified atom stereocenters. The monoisotopic (exact) mass is 311 g/mol. The van der Waals surface area contributed by atoms with Crippen molar-refractivity contribution in [2.75, 3.05) is 20.1 Å². The summed E-state index contributed by atoms with van der Waals surface area (Å²) in [4.78, 5) is 13.2. The van der Waals surface area contributed by atoms with Crippen LogP contribution in [0.2, 0.25) is 0 Å². The molecule has 3 nitrogen and oxygen atoms in total. The highest BCUT2D eigenvalue weighted by molar-refractivity contribution is 9.10. The van der Waals surface area contributed by atoms with E-state index in [1.54, 1.807) is 0 Å². The van der Waals surface area contributed by atoms with Crippen LogP contribution in [0.25, 0.3) is 0 Å². The minimum Gasteiger partial charge on any atom is -0.481 e. The zero-order valence-corrected chi connectivity index (χ0v) is 12.1. The van der Waals surface area contributed by atoms with Crippen LogP contribution in [0.4, 0.5) is 0 Å². The molecule has 0 saturated heterocycles. The van der Waals surface area contributed by atoms with Crippen LogP contribution < -0.4 is 0 Å². The second kappa shape index (κ2) is 5.41. The third-order valence-corrected chi connectivity index (χ3v) is 4.37. The topological polar surface area (TPSA) is 40.5 Å². The van der Waals surface area contributed by atoms with Crippen LogP contribution in [-0.2, 0) is 11.2 Å². The van der Waals surface area contributed by atoms with Gasteiger partial charge in [-0.2, -0.15) is 0 Å². The molecular formula is C14H18BrNO2. The van der Waals surface area contributed by atoms with Crippen molar-refractivity contribution >= 4 is 21.9 Å². The first-order chi connectivity index (χ1) is 8.53. The zero-order valence-electron chi connectivity index (χ0n) is 10.5. The number of aliphatic carboxylic acids is 1. The number of rotatable bonds is 6. The van der Waals surface area contributed by atoms with Crippen LogP contribution in [0.15, 0.2) is 28.7 Å². The minimum absolute atomic E-state index is 0.456. The normalized spacial score (nSPS) is 16.8. The molecule has 4 heteroatoms. The Balaban J connectivity index is 1.84. The smallest absolute Gasteiger partial charge is 0.310 e. The van der Waals surface area contributed by atoms with E-state index in [2.05, 4.69) is 26.9 Å². The van der Waals surface area contributed by atoms with E-state index >= 15 is 0 Å². The molecule has 18 heavy (non-hydrogen) atoms. The Morgan fingerprint density at radius 2 is 2.11 bits per heavy atom. The molecule has 0 bridgehead atoms. The number of carboxylic acids is 1. The first kappa shape index (κ1) is 13.6. The van der Waals surface area contributed by atoms with Crippen LogP contribution in [0.3, 0.4) is 0 Å². The molecule has 0 spiro atoms. The third-order valence-electron chi connectivity index (χ3n) is 3.60. The van der Waals surface area contributed by atoms with Gasteiger partial charge in [0.1, 0.15) is 0 Å². The van der Waals surface area contributed by atoms with Crippen molar-refractivity contribution < 1.29 is 9.90 Å². The number of nitrogens with zero attached hydrogens (tertiary/aromatic N) is 1. The van der Waals surface area contributed by atoms with Crippen molar-refractivity contribution in [3.63, 3.8) is 0 Å². The van der Waals surface area contributed by atoms with Crippen molar-refractivity contribution in [3.8, 4) is 0 Å². The van der Waals surface area contributed by atoms with Crippen molar-refractivity contribution in [3.05, 3.63) is 34.3 Å². The molecule has 1 aliphatic carbocycles. The zero-order chi connectivity index (χ0) is 13.2. The Kier molecular flexibility index (Phi) is 4.07. The molecule has 1 aromatic carbocycles. The summed E-state index contributed by atoms with van der Waals surface area (Å²) in [5.41, 5.74) is 0.812. The summed E-state index contributed by atoms with van der Waals surface area (Å²) in [6, 6.07) is 8.16. The van der Waals surface area contributed by atoms with Gasteiger partial charge in [-0.15, -0.1) is 0 Å². The van der Waals surface area contributed by atoms with Crippen LogP contribution in [0.1, 0.15) is 18.4 Å². The number of halogens is 1. The SMILES string of the molecule is CN(CCc1ccccc1Br)CC1(C(=O)O)CC1. The maximum Gasteiger partial charge on any atom is 0.310 e. The van der Waals surface area contributed by atoms with Gasteiger partial charge >= 0.3 is 5.97 Å². The molecule has 98 valence electrons. The molecule has 1 N–H and O–H groups in total. The quantitative estimate of drug-likeness (QED) is 0.878. The van der Waals surface area contributed by atoms with Gasteiger partial charge in [-0.05, 0) is 37.9 Å². The van der Waals surface area contributed by atoms with E-state index in [1.807, 2.05) is 25.2 Å². The van der Waals surface area contributed by atoms with Gasteiger partial charge in [0.15, 0.2) is 0 Å². The van der Waals surface area contributed by atoms with Crippen molar-refractivity contribution in [1.82, 2.24) is 4.90 Å². The highest BCUT2D eigenvalue weighted by atomic mass is 79.9. The second-order valence-electron chi connectivity index (χ2n) is 5.16. The van der Waals surface area contributed by atoms with Gasteiger partial charge in [0.05, 0.1) is 5.41 Å². The molecule has 2 rings (SSSR count). The van der Waals surface area contributed by atoms with E-state index in [4.69, 9.17) is 5.11 Å². The lowest BCUT2D eigenvalue weighted by Gasteiger charge is -2.21. The van der Waals surface area contributed by atoms with E-state index in [-0.39, 0.29) is 0 Å². The number of hydrogen-bond donors (Lipinski definition) is 1. The number of hydrogen-bond acceptors (Lipinski definition) is 2. The molecule has 1 aliphatic rings. The maximum atomic E-state index is 11.1. The lowest BCUT2D eigenvalue weighted by Crippen LogP contribution is -2.33. The predicted molar refractivity (Wildman–Crippen MR) is 74.6 cm³/mol. The van der Waals surface area contributed by atoms with Gasteiger partial charge in [0.25, 0.3) is 0 Å². The fourth-order valence-corrected chi connectivity index (χ4v) is 2.68. The molecular weight excluding hydrogens is 294 g/mol. The Morgan fingerprint density at radius 1 is 1.44 bits per heavy atom. The van der Waals surface area contributed by atoms with Crippen molar-refractivity contribution in [2.45, 2.75) is 19.3 Å². The Hall–Kier alpha value is -0.870. The predicted octanol–water partition coefficient (Wildman–Crippen LogP) is 2.79. The lowest BCUT2D eigenvalue weighted by atomic mass is 10.1. The maximum absolute atomic E-state index is 11.1. The fraction of sp³-hybridized carbons (Fsp3) is 0.500. The van der Waals surface area contributed by atoms with Crippen molar-refractivity contribution in [1.29, 1.82) is 0 Å². The molecule has 0 radical (unpaired) electrons. The summed E-state index contributed by atoms with van der Waals surface area (Å²) in [6.45, 7) is 1.55. The molecule has 1 saturated carbocycles. The van der Waals surface area contributed by atoms with Crippen LogP contribution in [-0.4, -0.2) is 36.1 Å². The van der Waals surface area contributed by atoms with E-state index < -0.39 is 11.4 Å². The molecule has 0 aliphatic heterocycles. The summed E-state index contributed by atoms with van der Waals surface area (Å²) in [5.74, 6) is -0.643. The van der Waals surface area contributed by atoms with Crippen LogP contribution >= 0.6 is 15.9 Å². The highest BCUT2D eigenvalue weighted by Crippen LogP contribution is 2.46. The summed E-state index contributed by atoms with van der Waals surface area (Å²) < 4.78 is 1.12. The number of carbonyl (C=O) groups is 1. The average Bonchev–Trinajstić information content (AvgIpc) is 3.09. The first-order valence-electron chi connectivity index (χ1n) is 6.19. The second-order valence-corrected chi connectivity index (χ2v) is 6.02. The highest BCUT2D eigenvalue weighted by Gasteiger charge is 2.50. The van der Waals surface area contributed by atoms with Gasteiger partial charge in [-0.3, -0.25) is 4.79 Å². The Labute approximate surface area is 116 Å². The van der Waals surface area contributed by atoms with Crippen LogP contribution in [0.5, 0.6) is 0 Å². The summed E-state index contributed by atoms with van der Waals surface area (Å²) in [7, 11) is 2.00. The fourth-order valence-electron chi connectivity index (χ4n) is 2.20. The molecule has 0 amide bonds. The largest absolute Gasteiger partial charge is 0.481 e. The van der Waals surface area contributed by atoms with Gasteiger partial charge in [-0.25, -0.2) is 0 Å². The summed E-state index contributed by atoms with van der Waals surface area (Å²) in [6.07, 6.45) is 2.58.